The molecule has 0 saturated heterocycles. The zero-order chi connectivity index (χ0) is 15.7. The highest BCUT2D eigenvalue weighted by molar-refractivity contribution is 5.65. The van der Waals surface area contributed by atoms with Crippen molar-refractivity contribution in [2.75, 3.05) is 6.61 Å². The van der Waals surface area contributed by atoms with Crippen LogP contribution in [0.2, 0.25) is 0 Å². The van der Waals surface area contributed by atoms with Crippen LogP contribution in [0, 0.1) is 0 Å². The van der Waals surface area contributed by atoms with E-state index >= 15 is 0 Å². The van der Waals surface area contributed by atoms with Crippen molar-refractivity contribution in [2.45, 2.75) is 51.8 Å². The molecule has 0 aromatic heterocycles. The molecule has 0 aliphatic rings. The summed E-state index contributed by atoms with van der Waals surface area (Å²) in [5, 5.41) is 17.9. The van der Waals surface area contributed by atoms with E-state index in [9.17, 15) is 9.90 Å². The van der Waals surface area contributed by atoms with Crippen LogP contribution >= 0.6 is 0 Å². The second-order valence-electron chi connectivity index (χ2n) is 5.47. The number of benzene rings is 1. The van der Waals surface area contributed by atoms with Gasteiger partial charge in [0, 0.05) is 6.92 Å². The van der Waals surface area contributed by atoms with Crippen LogP contribution in [0.5, 0.6) is 0 Å². The predicted octanol–water partition coefficient (Wildman–Crippen LogP) is 3.64. The average molecular weight is 292 g/mol. The number of hydrogen-bond acceptors (Lipinski definition) is 5. The van der Waals surface area contributed by atoms with Gasteiger partial charge in [0.15, 0.2) is 5.72 Å². The number of esters is 1. The number of ether oxygens (including phenoxy) is 1. The molecule has 0 heterocycles. The third-order valence-corrected chi connectivity index (χ3v) is 2.80. The lowest BCUT2D eigenvalue weighted by molar-refractivity contribution is -0.141. The molecule has 1 aromatic carbocycles. The van der Waals surface area contributed by atoms with Gasteiger partial charge in [0.05, 0.1) is 12.6 Å². The van der Waals surface area contributed by atoms with Crippen LogP contribution in [0.3, 0.4) is 0 Å². The van der Waals surface area contributed by atoms with Crippen LogP contribution < -0.4 is 0 Å². The van der Waals surface area contributed by atoms with Crippen molar-refractivity contribution in [3.8, 4) is 0 Å². The zero-order valence-electron chi connectivity index (χ0n) is 13.0. The average Bonchev–Trinajstić information content (AvgIpc) is 2.41. The number of nitrogens with zero attached hydrogens (tertiary/aromatic N) is 2. The quantitative estimate of drug-likeness (QED) is 0.451. The highest BCUT2D eigenvalue weighted by atomic mass is 16.5. The van der Waals surface area contributed by atoms with Crippen LogP contribution in [0.4, 0.5) is 0 Å². The molecule has 0 aliphatic heterocycles. The van der Waals surface area contributed by atoms with Crippen LogP contribution in [-0.2, 0) is 9.53 Å². The first-order valence-corrected chi connectivity index (χ1v) is 7.21. The molecule has 21 heavy (non-hydrogen) atoms. The first-order valence-electron chi connectivity index (χ1n) is 7.21. The van der Waals surface area contributed by atoms with Gasteiger partial charge in [-0.05, 0) is 38.7 Å². The lowest BCUT2D eigenvalue weighted by atomic mass is 10.0. The maximum atomic E-state index is 10.7. The molecular formula is C16H24N2O3. The van der Waals surface area contributed by atoms with Crippen molar-refractivity contribution in [3.63, 3.8) is 0 Å². The van der Waals surface area contributed by atoms with Crippen molar-refractivity contribution in [3.05, 3.63) is 35.9 Å². The summed E-state index contributed by atoms with van der Waals surface area (Å²) in [6, 6.07) is 9.78. The first kappa shape index (κ1) is 17.3. The lowest BCUT2D eigenvalue weighted by Crippen LogP contribution is -2.14. The number of carbonyl (C=O) groups excluding carboxylic acids is 1. The minimum absolute atomic E-state index is 0.0880. The largest absolute Gasteiger partial charge is 0.466 e. The molecule has 0 bridgehead atoms. The molecule has 0 radical (unpaired) electrons. The number of aliphatic hydroxyl groups is 1. The number of rotatable bonds is 8. The van der Waals surface area contributed by atoms with Gasteiger partial charge in [-0.25, -0.2) is 0 Å². The number of carbonyl (C=O) groups is 1. The molecule has 0 saturated carbocycles. The van der Waals surface area contributed by atoms with Crippen molar-refractivity contribution in [2.24, 2.45) is 10.2 Å². The Kier molecular flexibility index (Phi) is 7.02. The molecule has 5 heteroatoms. The lowest BCUT2D eigenvalue weighted by Gasteiger charge is -2.15. The Hall–Kier alpha value is -1.75. The number of unbranched alkanes of at least 4 members (excludes halogenated alkanes) is 1. The van der Waals surface area contributed by atoms with E-state index in [0.29, 0.717) is 6.61 Å². The van der Waals surface area contributed by atoms with Gasteiger partial charge < -0.3 is 9.84 Å². The second-order valence-corrected chi connectivity index (χ2v) is 5.47. The Bertz CT molecular complexity index is 452. The second kappa shape index (κ2) is 8.52. The highest BCUT2D eigenvalue weighted by Gasteiger charge is 2.14. The number of hydrogen-bond donors (Lipinski definition) is 1. The molecule has 1 N–H and O–H groups in total. The Labute approximate surface area is 126 Å². The van der Waals surface area contributed by atoms with Gasteiger partial charge in [-0.1, -0.05) is 30.3 Å². The molecule has 1 aromatic rings. The Morgan fingerprint density at radius 1 is 1.29 bits per heavy atom. The molecule has 5 nitrogen and oxygen atoms in total. The van der Waals surface area contributed by atoms with Gasteiger partial charge in [0.1, 0.15) is 0 Å². The smallest absolute Gasteiger partial charge is 0.302 e. The van der Waals surface area contributed by atoms with Gasteiger partial charge in [0.2, 0.25) is 0 Å². The van der Waals surface area contributed by atoms with E-state index in [1.54, 1.807) is 13.8 Å². The van der Waals surface area contributed by atoms with Gasteiger partial charge in [-0.15, -0.1) is 0 Å². The van der Waals surface area contributed by atoms with E-state index in [0.717, 1.165) is 24.8 Å². The van der Waals surface area contributed by atoms with E-state index in [-0.39, 0.29) is 12.0 Å². The van der Waals surface area contributed by atoms with Crippen molar-refractivity contribution in [1.82, 2.24) is 0 Å². The summed E-state index contributed by atoms with van der Waals surface area (Å²) < 4.78 is 4.91. The maximum Gasteiger partial charge on any atom is 0.302 e. The summed E-state index contributed by atoms with van der Waals surface area (Å²) >= 11 is 0. The molecule has 1 atom stereocenters. The van der Waals surface area contributed by atoms with Crippen LogP contribution in [0.25, 0.3) is 0 Å². The fraction of sp³-hybridized carbons (Fsp3) is 0.562. The normalized spacial score (nSPS) is 13.3. The third kappa shape index (κ3) is 8.19. The van der Waals surface area contributed by atoms with Crippen molar-refractivity contribution in [1.29, 1.82) is 0 Å². The molecule has 116 valence electrons. The topological polar surface area (TPSA) is 71.2 Å². The maximum absolute atomic E-state index is 10.7. The summed E-state index contributed by atoms with van der Waals surface area (Å²) in [7, 11) is 0. The van der Waals surface area contributed by atoms with Gasteiger partial charge in [0.25, 0.3) is 0 Å². The van der Waals surface area contributed by atoms with Gasteiger partial charge in [-0.3, -0.25) is 4.79 Å². The number of azo groups is 1. The van der Waals surface area contributed by atoms with E-state index in [2.05, 4.69) is 10.2 Å². The van der Waals surface area contributed by atoms with E-state index in [1.807, 2.05) is 30.3 Å². The van der Waals surface area contributed by atoms with Crippen LogP contribution in [0.15, 0.2) is 40.6 Å². The zero-order valence-corrected chi connectivity index (χ0v) is 13.0. The SMILES string of the molecule is CC(=O)OCCCCC(/N=N/C(C)(C)O)c1ccccc1. The Morgan fingerprint density at radius 2 is 1.95 bits per heavy atom. The van der Waals surface area contributed by atoms with Gasteiger partial charge >= 0.3 is 5.97 Å². The minimum Gasteiger partial charge on any atom is -0.466 e. The van der Waals surface area contributed by atoms with E-state index in [4.69, 9.17) is 4.74 Å². The summed E-state index contributed by atoms with van der Waals surface area (Å²) in [6.07, 6.45) is 2.46. The fourth-order valence-corrected chi connectivity index (χ4v) is 1.83. The van der Waals surface area contributed by atoms with E-state index in [1.165, 1.54) is 6.92 Å². The molecule has 0 amide bonds. The third-order valence-electron chi connectivity index (χ3n) is 2.80. The highest BCUT2D eigenvalue weighted by Crippen LogP contribution is 2.25. The molecule has 0 spiro atoms. The van der Waals surface area contributed by atoms with Crippen LogP contribution in [-0.4, -0.2) is 23.4 Å². The van der Waals surface area contributed by atoms with Gasteiger partial charge in [-0.2, -0.15) is 10.2 Å². The molecular weight excluding hydrogens is 268 g/mol. The predicted molar refractivity (Wildman–Crippen MR) is 80.8 cm³/mol. The molecule has 1 unspecified atom stereocenters. The standard InChI is InChI=1S/C16H24N2O3/c1-13(19)21-12-8-7-11-15(17-18-16(2,3)20)14-9-5-4-6-10-14/h4-6,9-10,15,20H,7-8,11-12H2,1-3H3/b18-17+. The molecule has 0 aliphatic carbocycles. The summed E-state index contributed by atoms with van der Waals surface area (Å²) in [4.78, 5) is 10.7. The molecule has 1 rings (SSSR count). The van der Waals surface area contributed by atoms with Crippen molar-refractivity contribution >= 4 is 5.97 Å². The summed E-state index contributed by atoms with van der Waals surface area (Å²) in [5.41, 5.74) is -0.0944. The first-order chi connectivity index (χ1) is 9.88. The van der Waals surface area contributed by atoms with Crippen LogP contribution in [0.1, 0.15) is 51.6 Å². The fourth-order valence-electron chi connectivity index (χ4n) is 1.83. The summed E-state index contributed by atoms with van der Waals surface area (Å²) in [6.45, 7) is 5.03. The Morgan fingerprint density at radius 3 is 2.52 bits per heavy atom. The Balaban J connectivity index is 2.57. The summed E-state index contributed by atoms with van der Waals surface area (Å²) in [5.74, 6) is -0.253. The monoisotopic (exact) mass is 292 g/mol. The molecule has 0 fully saturated rings. The van der Waals surface area contributed by atoms with E-state index < -0.39 is 5.72 Å². The minimum atomic E-state index is -1.16. The van der Waals surface area contributed by atoms with Crippen molar-refractivity contribution < 1.29 is 14.6 Å².